The standard InChI is InChI=1S/C19H16Cl4N2OS.HNO3/c20-14-2-1-13(17(22)7-14)11-27-16(9-25-6-5-24-12-25)10-26-19-4-3-15(21)8-18(19)23;2-1(3)4/h1-8,12,16H,9-11H2;(H,2,3,4). The van der Waals surface area contributed by atoms with Gasteiger partial charge in [-0.1, -0.05) is 52.5 Å². The molecule has 0 spiro atoms. The van der Waals surface area contributed by atoms with Crippen molar-refractivity contribution in [1.29, 1.82) is 0 Å². The van der Waals surface area contributed by atoms with E-state index >= 15 is 0 Å². The number of rotatable bonds is 8. The molecule has 1 unspecified atom stereocenters. The van der Waals surface area contributed by atoms with Crippen molar-refractivity contribution >= 4 is 58.2 Å². The number of thioether (sulfide) groups is 1. The molecule has 1 heterocycles. The number of aromatic nitrogens is 2. The topological polar surface area (TPSA) is 90.4 Å². The first-order valence-corrected chi connectivity index (χ1v) is 11.2. The zero-order valence-corrected chi connectivity index (χ0v) is 19.7. The summed E-state index contributed by atoms with van der Waals surface area (Å²) in [5, 5.41) is 16.2. The van der Waals surface area contributed by atoms with Crippen LogP contribution in [0.3, 0.4) is 0 Å². The highest BCUT2D eigenvalue weighted by Crippen LogP contribution is 2.30. The van der Waals surface area contributed by atoms with Gasteiger partial charge < -0.3 is 14.5 Å². The van der Waals surface area contributed by atoms with Crippen molar-refractivity contribution in [2.45, 2.75) is 17.5 Å². The van der Waals surface area contributed by atoms with Crippen LogP contribution in [-0.4, -0.2) is 31.7 Å². The molecule has 2 aromatic carbocycles. The van der Waals surface area contributed by atoms with E-state index in [1.807, 2.05) is 22.9 Å². The highest BCUT2D eigenvalue weighted by Gasteiger charge is 2.14. The van der Waals surface area contributed by atoms with Crippen molar-refractivity contribution in [1.82, 2.24) is 9.55 Å². The lowest BCUT2D eigenvalue weighted by atomic mass is 10.2. The molecule has 0 amide bonds. The number of ether oxygens (including phenoxy) is 1. The van der Waals surface area contributed by atoms with Crippen molar-refractivity contribution in [2.24, 2.45) is 0 Å². The molecule has 3 aromatic rings. The predicted octanol–water partition coefficient (Wildman–Crippen LogP) is 6.53. The second-order valence-corrected chi connectivity index (χ2v) is 9.03. The van der Waals surface area contributed by atoms with Crippen molar-refractivity contribution in [3.05, 3.63) is 90.9 Å². The molecule has 0 radical (unpaired) electrons. The lowest BCUT2D eigenvalue weighted by Crippen LogP contribution is -2.21. The van der Waals surface area contributed by atoms with E-state index in [0.29, 0.717) is 32.4 Å². The molecule has 1 atom stereocenters. The van der Waals surface area contributed by atoms with Crippen LogP contribution in [0.25, 0.3) is 0 Å². The molecule has 7 nitrogen and oxygen atoms in total. The molecule has 0 aliphatic carbocycles. The maximum atomic E-state index is 8.36. The van der Waals surface area contributed by atoms with Crippen LogP contribution in [0.1, 0.15) is 5.56 Å². The number of hydrogen-bond acceptors (Lipinski definition) is 5. The van der Waals surface area contributed by atoms with E-state index in [1.54, 1.807) is 48.6 Å². The van der Waals surface area contributed by atoms with Crippen molar-refractivity contribution < 1.29 is 15.0 Å². The third-order valence-electron chi connectivity index (χ3n) is 3.78. The lowest BCUT2D eigenvalue weighted by molar-refractivity contribution is -0.742. The Bertz CT molecular complexity index is 933. The molecule has 0 aliphatic rings. The summed E-state index contributed by atoms with van der Waals surface area (Å²) in [6.45, 7) is 1.23. The van der Waals surface area contributed by atoms with Crippen LogP contribution in [0.5, 0.6) is 5.75 Å². The minimum absolute atomic E-state index is 0.165. The zero-order chi connectivity index (χ0) is 22.8. The van der Waals surface area contributed by atoms with Crippen LogP contribution in [-0.2, 0) is 12.3 Å². The minimum Gasteiger partial charge on any atom is -0.491 e. The first kappa shape index (κ1) is 25.4. The van der Waals surface area contributed by atoms with Gasteiger partial charge in [0.1, 0.15) is 12.4 Å². The molecule has 0 fully saturated rings. The van der Waals surface area contributed by atoms with Crippen molar-refractivity contribution in [3.8, 4) is 5.75 Å². The van der Waals surface area contributed by atoms with Crippen molar-refractivity contribution in [2.75, 3.05) is 6.61 Å². The van der Waals surface area contributed by atoms with Gasteiger partial charge in [0.25, 0.3) is 5.09 Å². The molecule has 0 saturated heterocycles. The molecule has 12 heteroatoms. The highest BCUT2D eigenvalue weighted by molar-refractivity contribution is 7.99. The Kier molecular flexibility index (Phi) is 10.6. The van der Waals surface area contributed by atoms with Gasteiger partial charge in [-0.25, -0.2) is 4.98 Å². The molecular formula is C19H17Cl4N3O4S. The van der Waals surface area contributed by atoms with Gasteiger partial charge in [-0.15, -0.1) is 21.9 Å². The van der Waals surface area contributed by atoms with Crippen LogP contribution >= 0.6 is 58.2 Å². The van der Waals surface area contributed by atoms with Crippen LogP contribution in [0.15, 0.2) is 55.1 Å². The van der Waals surface area contributed by atoms with E-state index in [4.69, 9.17) is 66.5 Å². The summed E-state index contributed by atoms with van der Waals surface area (Å²) < 4.78 is 7.96. The summed E-state index contributed by atoms with van der Waals surface area (Å²) in [5.41, 5.74) is 1.03. The van der Waals surface area contributed by atoms with Crippen LogP contribution in [0, 0.1) is 10.1 Å². The molecule has 0 saturated carbocycles. The molecular weight excluding hydrogens is 508 g/mol. The Hall–Kier alpha value is -1.84. The molecule has 1 aromatic heterocycles. The first-order valence-electron chi connectivity index (χ1n) is 8.67. The molecule has 31 heavy (non-hydrogen) atoms. The molecule has 0 aliphatic heterocycles. The number of benzene rings is 2. The minimum atomic E-state index is -1.50. The summed E-state index contributed by atoms with van der Waals surface area (Å²) in [7, 11) is 0. The molecule has 0 bridgehead atoms. The zero-order valence-electron chi connectivity index (χ0n) is 15.8. The molecule has 1 N–H and O–H groups in total. The fraction of sp³-hybridized carbons (Fsp3) is 0.211. The summed E-state index contributed by atoms with van der Waals surface area (Å²) >= 11 is 26.2. The highest BCUT2D eigenvalue weighted by atomic mass is 35.5. The number of hydrogen-bond donors (Lipinski definition) is 1. The second kappa shape index (κ2) is 12.9. The Morgan fingerprint density at radius 3 is 2.35 bits per heavy atom. The average molecular weight is 525 g/mol. The van der Waals surface area contributed by atoms with Gasteiger partial charge in [-0.2, -0.15) is 0 Å². The van der Waals surface area contributed by atoms with Gasteiger partial charge >= 0.3 is 0 Å². The summed E-state index contributed by atoms with van der Waals surface area (Å²) in [6.07, 6.45) is 5.48. The third-order valence-corrected chi connectivity index (χ3v) is 6.13. The lowest BCUT2D eigenvalue weighted by Gasteiger charge is -2.19. The van der Waals surface area contributed by atoms with Crippen LogP contribution in [0.4, 0.5) is 0 Å². The average Bonchev–Trinajstić information content (AvgIpc) is 3.19. The Morgan fingerprint density at radius 1 is 1.13 bits per heavy atom. The first-order chi connectivity index (χ1) is 14.7. The SMILES string of the molecule is Clc1ccc(CSC(COc2ccc(Cl)cc2Cl)Cn2ccnc2)c(Cl)c1.O=[N+]([O-])O. The van der Waals surface area contributed by atoms with Crippen LogP contribution < -0.4 is 4.74 Å². The van der Waals surface area contributed by atoms with Gasteiger partial charge in [-0.05, 0) is 35.9 Å². The van der Waals surface area contributed by atoms with Gasteiger partial charge in [0, 0.05) is 39.8 Å². The van der Waals surface area contributed by atoms with Gasteiger partial charge in [-0.3, -0.25) is 0 Å². The van der Waals surface area contributed by atoms with E-state index in [0.717, 1.165) is 17.9 Å². The smallest absolute Gasteiger partial charge is 0.291 e. The largest absolute Gasteiger partial charge is 0.491 e. The van der Waals surface area contributed by atoms with E-state index < -0.39 is 5.09 Å². The second-order valence-electron chi connectivity index (χ2n) is 6.05. The predicted molar refractivity (Wildman–Crippen MR) is 125 cm³/mol. The normalized spacial score (nSPS) is 11.4. The number of nitrogens with zero attached hydrogens (tertiary/aromatic N) is 3. The van der Waals surface area contributed by atoms with E-state index in [2.05, 4.69) is 4.98 Å². The quantitative estimate of drug-likeness (QED) is 0.266. The summed E-state index contributed by atoms with van der Waals surface area (Å²) in [6, 6.07) is 10.8. The maximum Gasteiger partial charge on any atom is 0.291 e. The Morgan fingerprint density at radius 2 is 1.77 bits per heavy atom. The summed E-state index contributed by atoms with van der Waals surface area (Å²) in [4.78, 5) is 12.5. The summed E-state index contributed by atoms with van der Waals surface area (Å²) in [5.74, 6) is 1.36. The molecule has 3 rings (SSSR count). The van der Waals surface area contributed by atoms with Gasteiger partial charge in [0.2, 0.25) is 0 Å². The van der Waals surface area contributed by atoms with Gasteiger partial charge in [0.15, 0.2) is 0 Å². The monoisotopic (exact) mass is 523 g/mol. The maximum absolute atomic E-state index is 8.36. The Balaban J connectivity index is 0.000000785. The van der Waals surface area contributed by atoms with Crippen molar-refractivity contribution in [3.63, 3.8) is 0 Å². The van der Waals surface area contributed by atoms with Crippen LogP contribution in [0.2, 0.25) is 20.1 Å². The fourth-order valence-electron chi connectivity index (χ4n) is 2.40. The Labute approximate surface area is 203 Å². The van der Waals surface area contributed by atoms with E-state index in [9.17, 15) is 0 Å². The van der Waals surface area contributed by atoms with E-state index in [-0.39, 0.29) is 5.25 Å². The third kappa shape index (κ3) is 9.45. The number of imidazole rings is 1. The molecule has 166 valence electrons. The van der Waals surface area contributed by atoms with Gasteiger partial charge in [0.05, 0.1) is 16.6 Å². The van der Waals surface area contributed by atoms with E-state index in [1.165, 1.54) is 0 Å². The number of halogens is 4. The fourth-order valence-corrected chi connectivity index (χ4v) is 4.53.